The molecule has 3 nitrogen and oxygen atoms in total. The Kier molecular flexibility index (Phi) is 3.49. The van der Waals surface area contributed by atoms with Crippen molar-refractivity contribution in [1.82, 2.24) is 9.55 Å². The summed E-state index contributed by atoms with van der Waals surface area (Å²) in [6.07, 6.45) is 0.878. The Morgan fingerprint density at radius 2 is 1.58 bits per heavy atom. The number of hydrogen-bond donors (Lipinski definition) is 1. The van der Waals surface area contributed by atoms with Gasteiger partial charge in [0.2, 0.25) is 5.95 Å². The van der Waals surface area contributed by atoms with Gasteiger partial charge in [-0.2, -0.15) is 0 Å². The number of halogens is 1. The number of aromatic nitrogens is 2. The summed E-state index contributed by atoms with van der Waals surface area (Å²) in [7, 11) is 0. The Bertz CT molecular complexity index is 1050. The molecule has 0 fully saturated rings. The van der Waals surface area contributed by atoms with Crippen LogP contribution in [0.1, 0.15) is 29.6 Å². The first-order valence-corrected chi connectivity index (χ1v) is 8.83. The van der Waals surface area contributed by atoms with Gasteiger partial charge in [-0.3, -0.25) is 0 Å². The van der Waals surface area contributed by atoms with E-state index < -0.39 is 0 Å². The van der Waals surface area contributed by atoms with Crippen molar-refractivity contribution in [2.45, 2.75) is 18.5 Å². The van der Waals surface area contributed by atoms with E-state index in [2.05, 4.69) is 40.2 Å². The van der Waals surface area contributed by atoms with Crippen LogP contribution in [0.5, 0.6) is 0 Å². The van der Waals surface area contributed by atoms with Crippen molar-refractivity contribution in [2.75, 3.05) is 5.32 Å². The molecule has 0 aliphatic carbocycles. The zero-order chi connectivity index (χ0) is 17.5. The summed E-state index contributed by atoms with van der Waals surface area (Å²) < 4.78 is 15.6. The van der Waals surface area contributed by atoms with Crippen LogP contribution in [0.25, 0.3) is 11.0 Å². The smallest absolute Gasteiger partial charge is 0.204 e. The molecular weight excluding hydrogens is 325 g/mol. The van der Waals surface area contributed by atoms with E-state index in [4.69, 9.17) is 4.98 Å². The van der Waals surface area contributed by atoms with E-state index in [1.165, 1.54) is 17.7 Å². The van der Waals surface area contributed by atoms with Crippen LogP contribution in [0, 0.1) is 5.82 Å². The fourth-order valence-corrected chi connectivity index (χ4v) is 3.88. The van der Waals surface area contributed by atoms with Gasteiger partial charge in [0.05, 0.1) is 23.1 Å². The minimum atomic E-state index is -0.212. The van der Waals surface area contributed by atoms with Crippen molar-refractivity contribution >= 4 is 17.0 Å². The van der Waals surface area contributed by atoms with Crippen LogP contribution in [-0.4, -0.2) is 9.55 Å². The molecule has 0 saturated heterocycles. The predicted molar refractivity (Wildman–Crippen MR) is 102 cm³/mol. The lowest BCUT2D eigenvalue weighted by Gasteiger charge is -2.33. The van der Waals surface area contributed by atoms with Gasteiger partial charge in [-0.05, 0) is 41.8 Å². The van der Waals surface area contributed by atoms with Crippen molar-refractivity contribution in [2.24, 2.45) is 0 Å². The van der Waals surface area contributed by atoms with E-state index in [0.717, 1.165) is 29.0 Å². The number of nitrogens with zero attached hydrogens (tertiary/aromatic N) is 2. The van der Waals surface area contributed by atoms with Crippen LogP contribution in [0.3, 0.4) is 0 Å². The summed E-state index contributed by atoms with van der Waals surface area (Å²) in [6, 6.07) is 25.7. The molecule has 0 unspecified atom stereocenters. The average molecular weight is 343 g/mol. The van der Waals surface area contributed by atoms with E-state index >= 15 is 0 Å². The highest BCUT2D eigenvalue weighted by atomic mass is 19.1. The number of para-hydroxylation sites is 2. The van der Waals surface area contributed by atoms with Crippen LogP contribution >= 0.6 is 0 Å². The van der Waals surface area contributed by atoms with Gasteiger partial charge >= 0.3 is 0 Å². The lowest BCUT2D eigenvalue weighted by atomic mass is 9.93. The van der Waals surface area contributed by atoms with Gasteiger partial charge in [-0.15, -0.1) is 0 Å². The Morgan fingerprint density at radius 1 is 0.846 bits per heavy atom. The topological polar surface area (TPSA) is 29.9 Å². The first kappa shape index (κ1) is 15.1. The maximum Gasteiger partial charge on any atom is 0.204 e. The Morgan fingerprint density at radius 3 is 2.38 bits per heavy atom. The molecule has 26 heavy (non-hydrogen) atoms. The lowest BCUT2D eigenvalue weighted by Crippen LogP contribution is -2.27. The predicted octanol–water partition coefficient (Wildman–Crippen LogP) is 5.32. The molecule has 4 aromatic rings. The molecular formula is C22H18FN3. The molecule has 0 bridgehead atoms. The lowest BCUT2D eigenvalue weighted by molar-refractivity contribution is 0.477. The molecule has 2 atom stereocenters. The monoisotopic (exact) mass is 343 g/mol. The fraction of sp³-hybridized carbons (Fsp3) is 0.136. The van der Waals surface area contributed by atoms with E-state index in [0.29, 0.717) is 0 Å². The van der Waals surface area contributed by atoms with Crippen LogP contribution in [0.2, 0.25) is 0 Å². The molecule has 0 saturated carbocycles. The van der Waals surface area contributed by atoms with Crippen LogP contribution < -0.4 is 5.32 Å². The van der Waals surface area contributed by atoms with Crippen LogP contribution in [0.4, 0.5) is 10.3 Å². The molecule has 0 spiro atoms. The van der Waals surface area contributed by atoms with Gasteiger partial charge in [-0.1, -0.05) is 54.6 Å². The van der Waals surface area contributed by atoms with Gasteiger partial charge < -0.3 is 9.88 Å². The molecule has 0 amide bonds. The SMILES string of the molecule is Fc1ccc([C@H]2C[C@H](c3ccccc3)n3c(nc4ccccc43)N2)cc1. The van der Waals surface area contributed by atoms with Gasteiger partial charge in [0.1, 0.15) is 5.82 Å². The zero-order valence-electron chi connectivity index (χ0n) is 14.1. The minimum absolute atomic E-state index is 0.0881. The Hall–Kier alpha value is -3.14. The first-order valence-electron chi connectivity index (χ1n) is 8.83. The summed E-state index contributed by atoms with van der Waals surface area (Å²) >= 11 is 0. The van der Waals surface area contributed by atoms with Crippen molar-refractivity contribution in [3.8, 4) is 0 Å². The number of hydrogen-bond acceptors (Lipinski definition) is 2. The molecule has 1 aromatic heterocycles. The van der Waals surface area contributed by atoms with Crippen LogP contribution in [0.15, 0.2) is 78.9 Å². The zero-order valence-corrected chi connectivity index (χ0v) is 14.1. The standard InChI is InChI=1S/C22H18FN3/c23-17-12-10-15(11-13-17)19-14-21(16-6-2-1-3-7-16)26-20-9-5-4-8-18(20)24-22(26)25-19/h1-13,19,21H,14H2,(H,24,25)/t19-,21-/m1/s1. The highest BCUT2D eigenvalue weighted by molar-refractivity contribution is 5.79. The number of anilines is 1. The van der Waals surface area contributed by atoms with Gasteiger partial charge in [0, 0.05) is 0 Å². The summed E-state index contributed by atoms with van der Waals surface area (Å²) in [5, 5.41) is 3.55. The molecule has 1 N–H and O–H groups in total. The van der Waals surface area contributed by atoms with E-state index in [1.54, 1.807) is 0 Å². The quantitative estimate of drug-likeness (QED) is 0.534. The molecule has 2 heterocycles. The highest BCUT2D eigenvalue weighted by Gasteiger charge is 2.30. The van der Waals surface area contributed by atoms with Crippen LogP contribution in [-0.2, 0) is 0 Å². The molecule has 0 radical (unpaired) electrons. The molecule has 1 aliphatic rings. The minimum Gasteiger partial charge on any atom is -0.349 e. The second-order valence-electron chi connectivity index (χ2n) is 6.70. The molecule has 4 heteroatoms. The van der Waals surface area contributed by atoms with Gasteiger partial charge in [-0.25, -0.2) is 9.37 Å². The van der Waals surface area contributed by atoms with E-state index in [-0.39, 0.29) is 17.9 Å². The summed E-state index contributed by atoms with van der Waals surface area (Å²) in [5.74, 6) is 0.650. The number of nitrogens with one attached hydrogen (secondary N) is 1. The first-order chi connectivity index (χ1) is 12.8. The number of benzene rings is 3. The third-order valence-corrected chi connectivity index (χ3v) is 5.13. The van der Waals surface area contributed by atoms with Crippen molar-refractivity contribution in [3.05, 3.63) is 95.8 Å². The normalized spacial score (nSPS) is 19.1. The number of fused-ring (bicyclic) bond motifs is 3. The molecule has 1 aliphatic heterocycles. The third kappa shape index (κ3) is 2.46. The largest absolute Gasteiger partial charge is 0.349 e. The Balaban J connectivity index is 1.66. The van der Waals surface area contributed by atoms with Gasteiger partial charge in [0.25, 0.3) is 0 Å². The maximum atomic E-state index is 13.3. The highest BCUT2D eigenvalue weighted by Crippen LogP contribution is 2.40. The van der Waals surface area contributed by atoms with Gasteiger partial charge in [0.15, 0.2) is 0 Å². The summed E-state index contributed by atoms with van der Waals surface area (Å²) in [4.78, 5) is 4.80. The Labute approximate surface area is 151 Å². The van der Waals surface area contributed by atoms with E-state index in [9.17, 15) is 4.39 Å². The second kappa shape index (κ2) is 5.99. The fourth-order valence-electron chi connectivity index (χ4n) is 3.88. The average Bonchev–Trinajstić information content (AvgIpc) is 3.07. The summed E-state index contributed by atoms with van der Waals surface area (Å²) in [5.41, 5.74) is 4.44. The van der Waals surface area contributed by atoms with E-state index in [1.807, 2.05) is 36.4 Å². The summed E-state index contributed by atoms with van der Waals surface area (Å²) in [6.45, 7) is 0. The maximum absolute atomic E-state index is 13.3. The van der Waals surface area contributed by atoms with Crippen molar-refractivity contribution in [1.29, 1.82) is 0 Å². The number of imidazole rings is 1. The molecule has 128 valence electrons. The molecule has 5 rings (SSSR count). The number of rotatable bonds is 2. The van der Waals surface area contributed by atoms with Crippen molar-refractivity contribution in [3.63, 3.8) is 0 Å². The second-order valence-corrected chi connectivity index (χ2v) is 6.70. The third-order valence-electron chi connectivity index (χ3n) is 5.13. The molecule has 3 aromatic carbocycles. The van der Waals surface area contributed by atoms with Crippen molar-refractivity contribution < 1.29 is 4.39 Å².